The van der Waals surface area contributed by atoms with E-state index in [1.54, 1.807) is 0 Å². The van der Waals surface area contributed by atoms with Crippen LogP contribution in [0.4, 0.5) is 5.00 Å². The summed E-state index contributed by atoms with van der Waals surface area (Å²) in [6.07, 6.45) is 3.54. The lowest BCUT2D eigenvalue weighted by atomic mass is 9.84. The zero-order valence-corrected chi connectivity index (χ0v) is 16.7. The smallest absolute Gasteiger partial charge is 0.191 e. The highest BCUT2D eigenvalue weighted by molar-refractivity contribution is 7.14. The number of thiophene rings is 1. The van der Waals surface area contributed by atoms with E-state index in [1.165, 1.54) is 11.4 Å². The molecular formula is C19H34N4S. The molecule has 0 aromatic carbocycles. The van der Waals surface area contributed by atoms with E-state index in [0.29, 0.717) is 6.04 Å². The minimum absolute atomic E-state index is 0.286. The van der Waals surface area contributed by atoms with Gasteiger partial charge in [0.25, 0.3) is 0 Å². The summed E-state index contributed by atoms with van der Waals surface area (Å²) in [5, 5.41) is 10.7. The van der Waals surface area contributed by atoms with Crippen molar-refractivity contribution in [1.82, 2.24) is 10.6 Å². The van der Waals surface area contributed by atoms with Gasteiger partial charge in [0.15, 0.2) is 5.96 Å². The molecule has 1 aromatic rings. The molecule has 1 fully saturated rings. The lowest BCUT2D eigenvalue weighted by Crippen LogP contribution is -2.50. The number of anilines is 1. The summed E-state index contributed by atoms with van der Waals surface area (Å²) < 4.78 is 0. The average molecular weight is 351 g/mol. The summed E-state index contributed by atoms with van der Waals surface area (Å²) in [6, 6.07) is 4.87. The van der Waals surface area contributed by atoms with Crippen molar-refractivity contribution in [2.24, 2.45) is 16.3 Å². The third kappa shape index (κ3) is 6.00. The Morgan fingerprint density at radius 3 is 2.62 bits per heavy atom. The predicted octanol–water partition coefficient (Wildman–Crippen LogP) is 3.95. The monoisotopic (exact) mass is 350 g/mol. The van der Waals surface area contributed by atoms with Crippen LogP contribution in [0.5, 0.6) is 0 Å². The summed E-state index contributed by atoms with van der Waals surface area (Å²) in [5.74, 6) is 1.67. The van der Waals surface area contributed by atoms with Crippen LogP contribution in [0, 0.1) is 11.3 Å². The molecule has 0 unspecified atom stereocenters. The quantitative estimate of drug-likeness (QED) is 0.603. The number of hydrogen-bond donors (Lipinski definition) is 2. The number of rotatable bonds is 6. The standard InChI is InChI=1S/C19H34N4S/c1-15(2)13-19(3,4)14-21-18(20-5)22-16-8-10-23(11-9-16)17-7-6-12-24-17/h6-7,12,15-16H,8-11,13-14H2,1-5H3,(H2,20,21,22). The van der Waals surface area contributed by atoms with Crippen molar-refractivity contribution in [2.75, 3.05) is 31.6 Å². The number of aliphatic imine (C=N–C) groups is 1. The van der Waals surface area contributed by atoms with Gasteiger partial charge in [0.05, 0.1) is 5.00 Å². The van der Waals surface area contributed by atoms with Gasteiger partial charge in [-0.15, -0.1) is 11.3 Å². The second kappa shape index (κ2) is 8.75. The van der Waals surface area contributed by atoms with Crippen LogP contribution in [0.25, 0.3) is 0 Å². The Bertz CT molecular complexity index is 499. The maximum Gasteiger partial charge on any atom is 0.191 e. The molecule has 1 saturated heterocycles. The predicted molar refractivity (Wildman–Crippen MR) is 107 cm³/mol. The third-order valence-corrected chi connectivity index (χ3v) is 5.50. The van der Waals surface area contributed by atoms with Crippen LogP contribution in [0.3, 0.4) is 0 Å². The van der Waals surface area contributed by atoms with Gasteiger partial charge in [-0.2, -0.15) is 0 Å². The topological polar surface area (TPSA) is 39.7 Å². The molecule has 0 saturated carbocycles. The maximum atomic E-state index is 4.42. The molecule has 0 aliphatic carbocycles. The number of guanidine groups is 1. The molecule has 24 heavy (non-hydrogen) atoms. The van der Waals surface area contributed by atoms with Gasteiger partial charge in [-0.3, -0.25) is 4.99 Å². The van der Waals surface area contributed by atoms with Crippen molar-refractivity contribution in [3.05, 3.63) is 17.5 Å². The first-order valence-corrected chi connectivity index (χ1v) is 10.0. The maximum absolute atomic E-state index is 4.42. The largest absolute Gasteiger partial charge is 0.363 e. The van der Waals surface area contributed by atoms with Gasteiger partial charge in [0.1, 0.15) is 0 Å². The van der Waals surface area contributed by atoms with E-state index in [-0.39, 0.29) is 5.41 Å². The van der Waals surface area contributed by atoms with E-state index in [9.17, 15) is 0 Å². The minimum atomic E-state index is 0.286. The van der Waals surface area contributed by atoms with Crippen LogP contribution in [-0.4, -0.2) is 38.7 Å². The molecule has 1 aromatic heterocycles. The van der Waals surface area contributed by atoms with Gasteiger partial charge >= 0.3 is 0 Å². The molecular weight excluding hydrogens is 316 g/mol. The fourth-order valence-electron chi connectivity index (χ4n) is 3.58. The Labute approximate surface area is 151 Å². The number of nitrogens with zero attached hydrogens (tertiary/aromatic N) is 2. The van der Waals surface area contributed by atoms with Crippen molar-refractivity contribution in [3.63, 3.8) is 0 Å². The van der Waals surface area contributed by atoms with Gasteiger partial charge in [0, 0.05) is 32.7 Å². The summed E-state index contributed by atoms with van der Waals surface area (Å²) in [7, 11) is 1.87. The van der Waals surface area contributed by atoms with Crippen molar-refractivity contribution in [1.29, 1.82) is 0 Å². The molecule has 136 valence electrons. The van der Waals surface area contributed by atoms with Crippen molar-refractivity contribution < 1.29 is 0 Å². The zero-order chi connectivity index (χ0) is 17.6. The molecule has 2 heterocycles. The molecule has 1 aliphatic rings. The second-order valence-corrected chi connectivity index (χ2v) is 8.97. The molecule has 0 bridgehead atoms. The van der Waals surface area contributed by atoms with Gasteiger partial charge in [-0.1, -0.05) is 27.7 Å². The molecule has 1 aliphatic heterocycles. The van der Waals surface area contributed by atoms with E-state index in [0.717, 1.165) is 44.4 Å². The summed E-state index contributed by atoms with van der Waals surface area (Å²) in [4.78, 5) is 6.91. The van der Waals surface area contributed by atoms with Gasteiger partial charge in [-0.05, 0) is 48.1 Å². The lowest BCUT2D eigenvalue weighted by Gasteiger charge is -2.34. The Kier molecular flexibility index (Phi) is 6.96. The van der Waals surface area contributed by atoms with Crippen LogP contribution in [-0.2, 0) is 0 Å². The summed E-state index contributed by atoms with van der Waals surface area (Å²) in [5.41, 5.74) is 0.286. The highest BCUT2D eigenvalue weighted by Gasteiger charge is 2.23. The van der Waals surface area contributed by atoms with E-state index < -0.39 is 0 Å². The number of nitrogens with one attached hydrogen (secondary N) is 2. The van der Waals surface area contributed by atoms with Crippen LogP contribution in [0.2, 0.25) is 0 Å². The molecule has 2 rings (SSSR count). The van der Waals surface area contributed by atoms with Crippen LogP contribution in [0.1, 0.15) is 47.0 Å². The summed E-state index contributed by atoms with van der Waals surface area (Å²) >= 11 is 1.83. The Hall–Kier alpha value is -1.23. The van der Waals surface area contributed by atoms with Crippen molar-refractivity contribution in [3.8, 4) is 0 Å². The third-order valence-electron chi connectivity index (χ3n) is 4.57. The van der Waals surface area contributed by atoms with Crippen molar-refractivity contribution >= 4 is 22.3 Å². The highest BCUT2D eigenvalue weighted by Crippen LogP contribution is 2.25. The van der Waals surface area contributed by atoms with E-state index in [2.05, 4.69) is 65.7 Å². The molecule has 0 amide bonds. The average Bonchev–Trinajstić information content (AvgIpc) is 3.05. The Balaban J connectivity index is 1.76. The van der Waals surface area contributed by atoms with Crippen molar-refractivity contribution in [2.45, 2.75) is 53.0 Å². The first-order chi connectivity index (χ1) is 11.4. The highest BCUT2D eigenvalue weighted by atomic mass is 32.1. The van der Waals surface area contributed by atoms with Gasteiger partial charge < -0.3 is 15.5 Å². The SMILES string of the molecule is CN=C(NCC(C)(C)CC(C)C)NC1CCN(c2cccs2)CC1. The van der Waals surface area contributed by atoms with Gasteiger partial charge in [-0.25, -0.2) is 0 Å². The fraction of sp³-hybridized carbons (Fsp3) is 0.737. The zero-order valence-electron chi connectivity index (χ0n) is 15.9. The molecule has 5 heteroatoms. The molecule has 0 spiro atoms. The normalized spacial score (nSPS) is 17.4. The van der Waals surface area contributed by atoms with Crippen LogP contribution >= 0.6 is 11.3 Å². The van der Waals surface area contributed by atoms with E-state index >= 15 is 0 Å². The molecule has 0 atom stereocenters. The minimum Gasteiger partial charge on any atom is -0.363 e. The van der Waals surface area contributed by atoms with Crippen LogP contribution < -0.4 is 15.5 Å². The Morgan fingerprint density at radius 2 is 2.08 bits per heavy atom. The van der Waals surface area contributed by atoms with E-state index in [1.807, 2.05) is 18.4 Å². The van der Waals surface area contributed by atoms with E-state index in [4.69, 9.17) is 0 Å². The Morgan fingerprint density at radius 1 is 1.38 bits per heavy atom. The molecule has 2 N–H and O–H groups in total. The molecule has 0 radical (unpaired) electrons. The molecule has 4 nitrogen and oxygen atoms in total. The fourth-order valence-corrected chi connectivity index (χ4v) is 4.37. The van der Waals surface area contributed by atoms with Gasteiger partial charge in [0.2, 0.25) is 0 Å². The number of piperidine rings is 1. The summed E-state index contributed by atoms with van der Waals surface area (Å²) in [6.45, 7) is 12.4. The first kappa shape index (κ1) is 19.1. The lowest BCUT2D eigenvalue weighted by molar-refractivity contribution is 0.285. The number of hydrogen-bond acceptors (Lipinski definition) is 3. The van der Waals surface area contributed by atoms with Crippen LogP contribution in [0.15, 0.2) is 22.5 Å². The second-order valence-electron chi connectivity index (χ2n) is 8.04. The first-order valence-electron chi connectivity index (χ1n) is 9.15.